The van der Waals surface area contributed by atoms with Crippen molar-refractivity contribution >= 4 is 16.8 Å². The van der Waals surface area contributed by atoms with E-state index in [9.17, 15) is 4.79 Å². The SMILES string of the molecule is CCn1cc(C(=O)NC2CCN(Cc3ccccc3)C2)c2ccccc21. The summed E-state index contributed by atoms with van der Waals surface area (Å²) in [4.78, 5) is 15.3. The summed E-state index contributed by atoms with van der Waals surface area (Å²) in [5.74, 6) is 0.0416. The highest BCUT2D eigenvalue weighted by atomic mass is 16.1. The van der Waals surface area contributed by atoms with Gasteiger partial charge < -0.3 is 9.88 Å². The van der Waals surface area contributed by atoms with E-state index in [0.717, 1.165) is 49.1 Å². The summed E-state index contributed by atoms with van der Waals surface area (Å²) >= 11 is 0. The number of carbonyl (C=O) groups excluding carboxylic acids is 1. The van der Waals surface area contributed by atoms with E-state index in [2.05, 4.69) is 52.0 Å². The summed E-state index contributed by atoms with van der Waals surface area (Å²) in [5.41, 5.74) is 3.23. The molecule has 1 aliphatic rings. The molecule has 26 heavy (non-hydrogen) atoms. The molecule has 1 amide bonds. The number of carbonyl (C=O) groups is 1. The van der Waals surface area contributed by atoms with E-state index in [1.54, 1.807) is 0 Å². The standard InChI is InChI=1S/C22H25N3O/c1-2-25-16-20(19-10-6-7-11-21(19)25)22(26)23-18-12-13-24(15-18)14-17-8-4-3-5-9-17/h3-11,16,18H,2,12-15H2,1H3,(H,23,26). The number of nitrogens with one attached hydrogen (secondary N) is 1. The van der Waals surface area contributed by atoms with Gasteiger partial charge in [0.1, 0.15) is 0 Å². The number of para-hydroxylation sites is 1. The molecule has 134 valence electrons. The number of hydrogen-bond donors (Lipinski definition) is 1. The highest BCUT2D eigenvalue weighted by molar-refractivity contribution is 6.07. The van der Waals surface area contributed by atoms with E-state index in [4.69, 9.17) is 0 Å². The van der Waals surface area contributed by atoms with E-state index < -0.39 is 0 Å². The number of likely N-dealkylation sites (tertiary alicyclic amines) is 1. The lowest BCUT2D eigenvalue weighted by Gasteiger charge is -2.16. The zero-order valence-electron chi connectivity index (χ0n) is 15.2. The maximum absolute atomic E-state index is 12.9. The third-order valence-electron chi connectivity index (χ3n) is 5.23. The molecule has 2 aromatic carbocycles. The van der Waals surface area contributed by atoms with Crippen LogP contribution in [0.5, 0.6) is 0 Å². The number of amides is 1. The molecule has 0 radical (unpaired) electrons. The van der Waals surface area contributed by atoms with Crippen LogP contribution in [-0.2, 0) is 13.1 Å². The van der Waals surface area contributed by atoms with Crippen LogP contribution in [0, 0.1) is 0 Å². The zero-order chi connectivity index (χ0) is 17.9. The Hall–Kier alpha value is -2.59. The molecule has 1 N–H and O–H groups in total. The molecule has 4 rings (SSSR count). The predicted molar refractivity (Wildman–Crippen MR) is 105 cm³/mol. The van der Waals surface area contributed by atoms with Crippen LogP contribution in [0.1, 0.15) is 29.3 Å². The number of rotatable bonds is 5. The fourth-order valence-electron chi connectivity index (χ4n) is 3.89. The van der Waals surface area contributed by atoms with Crippen molar-refractivity contribution in [1.29, 1.82) is 0 Å². The molecule has 1 aliphatic heterocycles. The minimum Gasteiger partial charge on any atom is -0.348 e. The first-order chi connectivity index (χ1) is 12.7. The minimum atomic E-state index is 0.0416. The van der Waals surface area contributed by atoms with Crippen LogP contribution < -0.4 is 5.32 Å². The third-order valence-corrected chi connectivity index (χ3v) is 5.23. The van der Waals surface area contributed by atoms with Crippen LogP contribution in [0.25, 0.3) is 10.9 Å². The van der Waals surface area contributed by atoms with Crippen molar-refractivity contribution in [1.82, 2.24) is 14.8 Å². The molecule has 4 nitrogen and oxygen atoms in total. The van der Waals surface area contributed by atoms with Gasteiger partial charge >= 0.3 is 0 Å². The fourth-order valence-corrected chi connectivity index (χ4v) is 3.89. The van der Waals surface area contributed by atoms with Crippen molar-refractivity contribution < 1.29 is 4.79 Å². The molecule has 1 aromatic heterocycles. The molecule has 1 atom stereocenters. The zero-order valence-corrected chi connectivity index (χ0v) is 15.2. The van der Waals surface area contributed by atoms with Gasteiger partial charge in [0.15, 0.2) is 0 Å². The van der Waals surface area contributed by atoms with E-state index in [-0.39, 0.29) is 11.9 Å². The molecule has 4 heteroatoms. The largest absolute Gasteiger partial charge is 0.348 e. The van der Waals surface area contributed by atoms with E-state index in [1.807, 2.05) is 30.5 Å². The lowest BCUT2D eigenvalue weighted by molar-refractivity contribution is 0.0939. The molecule has 1 fully saturated rings. The number of nitrogens with zero attached hydrogens (tertiary/aromatic N) is 2. The maximum Gasteiger partial charge on any atom is 0.253 e. The van der Waals surface area contributed by atoms with Gasteiger partial charge in [0.2, 0.25) is 0 Å². The first kappa shape index (κ1) is 16.9. The summed E-state index contributed by atoms with van der Waals surface area (Å²) in [7, 11) is 0. The summed E-state index contributed by atoms with van der Waals surface area (Å²) in [5, 5.41) is 4.28. The quantitative estimate of drug-likeness (QED) is 0.765. The number of aromatic nitrogens is 1. The molecule has 2 heterocycles. The molecular weight excluding hydrogens is 322 g/mol. The summed E-state index contributed by atoms with van der Waals surface area (Å²) in [6.45, 7) is 5.85. The Labute approximate surface area is 154 Å². The van der Waals surface area contributed by atoms with Gasteiger partial charge in [-0.15, -0.1) is 0 Å². The molecule has 0 aliphatic carbocycles. The van der Waals surface area contributed by atoms with Crippen molar-refractivity contribution in [3.63, 3.8) is 0 Å². The number of hydrogen-bond acceptors (Lipinski definition) is 2. The van der Waals surface area contributed by atoms with Crippen LogP contribution in [0.3, 0.4) is 0 Å². The highest BCUT2D eigenvalue weighted by Gasteiger charge is 2.25. The van der Waals surface area contributed by atoms with Gasteiger partial charge in [-0.05, 0) is 25.0 Å². The Morgan fingerprint density at radius 2 is 1.88 bits per heavy atom. The van der Waals surface area contributed by atoms with Gasteiger partial charge in [-0.3, -0.25) is 9.69 Å². The predicted octanol–water partition coefficient (Wildman–Crippen LogP) is 3.67. The molecular formula is C22H25N3O. The molecule has 1 saturated heterocycles. The van der Waals surface area contributed by atoms with Crippen molar-refractivity contribution in [2.45, 2.75) is 32.5 Å². The molecule has 0 bridgehead atoms. The topological polar surface area (TPSA) is 37.3 Å². The van der Waals surface area contributed by atoms with Gasteiger partial charge in [-0.25, -0.2) is 0 Å². The second-order valence-electron chi connectivity index (χ2n) is 7.03. The summed E-state index contributed by atoms with van der Waals surface area (Å²) < 4.78 is 2.14. The van der Waals surface area contributed by atoms with Crippen LogP contribution in [0.15, 0.2) is 60.8 Å². The van der Waals surface area contributed by atoms with Crippen molar-refractivity contribution in [2.24, 2.45) is 0 Å². The Balaban J connectivity index is 1.43. The number of benzene rings is 2. The smallest absolute Gasteiger partial charge is 0.253 e. The van der Waals surface area contributed by atoms with Crippen LogP contribution >= 0.6 is 0 Å². The first-order valence-corrected chi connectivity index (χ1v) is 9.39. The molecule has 3 aromatic rings. The first-order valence-electron chi connectivity index (χ1n) is 9.39. The van der Waals surface area contributed by atoms with Gasteiger partial charge in [0.25, 0.3) is 5.91 Å². The van der Waals surface area contributed by atoms with E-state index >= 15 is 0 Å². The minimum absolute atomic E-state index is 0.0416. The Kier molecular flexibility index (Phi) is 4.76. The van der Waals surface area contributed by atoms with Gasteiger partial charge in [-0.2, -0.15) is 0 Å². The average Bonchev–Trinajstić information content (AvgIpc) is 3.26. The molecule has 0 spiro atoms. The normalized spacial score (nSPS) is 17.7. The lowest BCUT2D eigenvalue weighted by atomic mass is 10.1. The summed E-state index contributed by atoms with van der Waals surface area (Å²) in [6, 6.07) is 18.9. The van der Waals surface area contributed by atoms with Crippen LogP contribution in [0.2, 0.25) is 0 Å². The number of aryl methyl sites for hydroxylation is 1. The number of fused-ring (bicyclic) bond motifs is 1. The fraction of sp³-hybridized carbons (Fsp3) is 0.318. The van der Waals surface area contributed by atoms with Crippen LogP contribution in [0.4, 0.5) is 0 Å². The third kappa shape index (κ3) is 3.37. The monoisotopic (exact) mass is 347 g/mol. The Morgan fingerprint density at radius 1 is 1.12 bits per heavy atom. The average molecular weight is 347 g/mol. The Morgan fingerprint density at radius 3 is 2.69 bits per heavy atom. The lowest BCUT2D eigenvalue weighted by Crippen LogP contribution is -2.36. The van der Waals surface area contributed by atoms with Crippen molar-refractivity contribution in [3.05, 3.63) is 71.9 Å². The molecule has 0 saturated carbocycles. The maximum atomic E-state index is 12.9. The van der Waals surface area contributed by atoms with Crippen molar-refractivity contribution in [2.75, 3.05) is 13.1 Å². The van der Waals surface area contributed by atoms with Gasteiger partial charge in [-0.1, -0.05) is 48.5 Å². The van der Waals surface area contributed by atoms with E-state index in [0.29, 0.717) is 0 Å². The second kappa shape index (κ2) is 7.34. The van der Waals surface area contributed by atoms with Gasteiger partial charge in [0.05, 0.1) is 5.56 Å². The Bertz CT molecular complexity index is 900. The van der Waals surface area contributed by atoms with E-state index in [1.165, 1.54) is 5.56 Å². The molecule has 1 unspecified atom stereocenters. The second-order valence-corrected chi connectivity index (χ2v) is 7.03. The van der Waals surface area contributed by atoms with Crippen LogP contribution in [-0.4, -0.2) is 34.5 Å². The van der Waals surface area contributed by atoms with Gasteiger partial charge in [0, 0.05) is 49.3 Å². The summed E-state index contributed by atoms with van der Waals surface area (Å²) in [6.07, 6.45) is 2.99. The van der Waals surface area contributed by atoms with Crippen molar-refractivity contribution in [3.8, 4) is 0 Å². The highest BCUT2D eigenvalue weighted by Crippen LogP contribution is 2.22.